The zero-order valence-electron chi connectivity index (χ0n) is 20.7. The van der Waals surface area contributed by atoms with E-state index in [-0.39, 0.29) is 11.5 Å². The van der Waals surface area contributed by atoms with E-state index in [2.05, 4.69) is 39.8 Å². The Balaban J connectivity index is 1.75. The Morgan fingerprint density at radius 1 is 0.967 bits per heavy atom. The second kappa shape index (κ2) is 9.51. The second-order valence-electron chi connectivity index (χ2n) is 12.3. The smallest absolute Gasteiger partial charge is 0.0632 e. The SMILES string of the molecule is CC(C)CCC[C@@H](C)C1CCC2C3CC/C(=N\O)[C@](C)(CCC(C)O)C3CC[C@@]21C. The van der Waals surface area contributed by atoms with Crippen molar-refractivity contribution in [1.82, 2.24) is 0 Å². The molecule has 3 rings (SSSR count). The molecule has 0 aromatic heterocycles. The molecule has 0 radical (unpaired) electrons. The lowest BCUT2D eigenvalue weighted by Gasteiger charge is -2.57. The van der Waals surface area contributed by atoms with Crippen molar-refractivity contribution in [2.75, 3.05) is 0 Å². The van der Waals surface area contributed by atoms with Gasteiger partial charge in [0.25, 0.3) is 0 Å². The Morgan fingerprint density at radius 2 is 1.70 bits per heavy atom. The van der Waals surface area contributed by atoms with E-state index in [0.29, 0.717) is 11.3 Å². The molecule has 3 saturated carbocycles. The van der Waals surface area contributed by atoms with Gasteiger partial charge >= 0.3 is 0 Å². The lowest BCUT2D eigenvalue weighted by molar-refractivity contribution is -0.0469. The van der Waals surface area contributed by atoms with Crippen LogP contribution in [0.25, 0.3) is 0 Å². The summed E-state index contributed by atoms with van der Waals surface area (Å²) in [4.78, 5) is 0. The van der Waals surface area contributed by atoms with Gasteiger partial charge in [0.15, 0.2) is 0 Å². The molecule has 0 aliphatic heterocycles. The minimum Gasteiger partial charge on any atom is -0.411 e. The molecule has 30 heavy (non-hydrogen) atoms. The molecule has 174 valence electrons. The molecule has 0 saturated heterocycles. The number of rotatable bonds is 8. The number of hydrogen-bond acceptors (Lipinski definition) is 3. The third-order valence-corrected chi connectivity index (χ3v) is 10.0. The number of hydrogen-bond donors (Lipinski definition) is 2. The quantitative estimate of drug-likeness (QED) is 0.320. The summed E-state index contributed by atoms with van der Waals surface area (Å²) < 4.78 is 0. The predicted molar refractivity (Wildman–Crippen MR) is 126 cm³/mol. The van der Waals surface area contributed by atoms with Crippen LogP contribution in [0.3, 0.4) is 0 Å². The number of fused-ring (bicyclic) bond motifs is 3. The van der Waals surface area contributed by atoms with Crippen LogP contribution in [-0.4, -0.2) is 22.1 Å². The van der Waals surface area contributed by atoms with E-state index in [4.69, 9.17) is 0 Å². The first-order valence-electron chi connectivity index (χ1n) is 13.0. The molecule has 0 aromatic rings. The van der Waals surface area contributed by atoms with Gasteiger partial charge in [-0.25, -0.2) is 0 Å². The number of aliphatic hydroxyl groups excluding tert-OH is 1. The zero-order valence-corrected chi connectivity index (χ0v) is 20.7. The lowest BCUT2D eigenvalue weighted by atomic mass is 9.47. The minimum absolute atomic E-state index is 0.0447. The molecule has 3 heteroatoms. The average molecular weight is 420 g/mol. The summed E-state index contributed by atoms with van der Waals surface area (Å²) in [5.41, 5.74) is 1.46. The second-order valence-corrected chi connectivity index (χ2v) is 12.3. The minimum atomic E-state index is -0.279. The highest BCUT2D eigenvalue weighted by molar-refractivity contribution is 5.90. The van der Waals surface area contributed by atoms with E-state index in [1.165, 1.54) is 51.4 Å². The Kier molecular flexibility index (Phi) is 7.63. The molecule has 0 bridgehead atoms. The van der Waals surface area contributed by atoms with Gasteiger partial charge in [-0.2, -0.15) is 0 Å². The first-order chi connectivity index (χ1) is 14.1. The summed E-state index contributed by atoms with van der Waals surface area (Å²) in [6.45, 7) is 14.1. The van der Waals surface area contributed by atoms with Crippen LogP contribution in [0, 0.1) is 46.3 Å². The molecular weight excluding hydrogens is 370 g/mol. The van der Waals surface area contributed by atoms with E-state index in [1.807, 2.05) is 6.92 Å². The van der Waals surface area contributed by atoms with Gasteiger partial charge in [-0.3, -0.25) is 0 Å². The molecule has 5 unspecified atom stereocenters. The highest BCUT2D eigenvalue weighted by atomic mass is 16.4. The fourth-order valence-corrected chi connectivity index (χ4v) is 8.31. The number of nitrogens with zero attached hydrogens (tertiary/aromatic N) is 1. The van der Waals surface area contributed by atoms with Crippen LogP contribution in [0.4, 0.5) is 0 Å². The number of oxime groups is 1. The third-order valence-electron chi connectivity index (χ3n) is 10.0. The van der Waals surface area contributed by atoms with Gasteiger partial charge in [-0.05, 0) is 99.2 Å². The summed E-state index contributed by atoms with van der Waals surface area (Å²) in [6.07, 6.45) is 13.2. The van der Waals surface area contributed by atoms with Gasteiger partial charge in [0.2, 0.25) is 0 Å². The van der Waals surface area contributed by atoms with E-state index in [0.717, 1.165) is 54.6 Å². The van der Waals surface area contributed by atoms with Crippen LogP contribution < -0.4 is 0 Å². The highest BCUT2D eigenvalue weighted by Crippen LogP contribution is 2.66. The van der Waals surface area contributed by atoms with Gasteiger partial charge in [0.1, 0.15) is 0 Å². The molecule has 3 aliphatic rings. The maximum absolute atomic E-state index is 9.94. The van der Waals surface area contributed by atoms with Crippen molar-refractivity contribution in [3.8, 4) is 0 Å². The maximum atomic E-state index is 9.94. The first-order valence-corrected chi connectivity index (χ1v) is 13.0. The summed E-state index contributed by atoms with van der Waals surface area (Å²) in [5.74, 6) is 4.76. The largest absolute Gasteiger partial charge is 0.411 e. The normalized spacial score (nSPS) is 42.2. The summed E-state index contributed by atoms with van der Waals surface area (Å²) in [5, 5.41) is 23.5. The van der Waals surface area contributed by atoms with Crippen LogP contribution >= 0.6 is 0 Å². The van der Waals surface area contributed by atoms with E-state index >= 15 is 0 Å². The number of aliphatic hydroxyl groups is 1. The van der Waals surface area contributed by atoms with Crippen molar-refractivity contribution in [2.24, 2.45) is 51.5 Å². The predicted octanol–water partition coefficient (Wildman–Crippen LogP) is 7.30. The van der Waals surface area contributed by atoms with Crippen molar-refractivity contribution in [3.63, 3.8) is 0 Å². The van der Waals surface area contributed by atoms with Crippen molar-refractivity contribution < 1.29 is 10.3 Å². The zero-order chi connectivity index (χ0) is 22.1. The Hall–Kier alpha value is -0.570. The van der Waals surface area contributed by atoms with Crippen molar-refractivity contribution in [1.29, 1.82) is 0 Å². The standard InChI is InChI=1S/C27H49NO2/c1-18(2)8-7-9-19(3)22-11-12-23-21-10-13-25(28-30)27(6,16-14-20(4)29)24(21)15-17-26(22,23)5/h18-24,29-30H,7-17H2,1-6H3/b28-25+/t19-,20?,21?,22?,23?,24?,26-,27-/m1/s1. The monoisotopic (exact) mass is 419 g/mol. The molecule has 2 N–H and O–H groups in total. The Bertz CT molecular complexity index is 600. The van der Waals surface area contributed by atoms with E-state index in [1.54, 1.807) is 0 Å². The van der Waals surface area contributed by atoms with Crippen LogP contribution in [0.1, 0.15) is 112 Å². The fourth-order valence-electron chi connectivity index (χ4n) is 8.31. The maximum Gasteiger partial charge on any atom is 0.0632 e. The summed E-state index contributed by atoms with van der Waals surface area (Å²) in [6, 6.07) is 0. The van der Waals surface area contributed by atoms with Gasteiger partial charge < -0.3 is 10.3 Å². The van der Waals surface area contributed by atoms with Crippen LogP contribution in [0.5, 0.6) is 0 Å². The van der Waals surface area contributed by atoms with Gasteiger partial charge in [-0.1, -0.05) is 59.0 Å². The molecule has 3 nitrogen and oxygen atoms in total. The molecule has 8 atom stereocenters. The molecule has 0 spiro atoms. The molecule has 0 amide bonds. The summed E-state index contributed by atoms with van der Waals surface area (Å²) >= 11 is 0. The highest BCUT2D eigenvalue weighted by Gasteiger charge is 2.59. The molecule has 3 fully saturated rings. The van der Waals surface area contributed by atoms with Gasteiger partial charge in [-0.15, -0.1) is 0 Å². The van der Waals surface area contributed by atoms with E-state index < -0.39 is 0 Å². The average Bonchev–Trinajstić information content (AvgIpc) is 3.04. The van der Waals surface area contributed by atoms with Crippen molar-refractivity contribution in [2.45, 2.75) is 118 Å². The lowest BCUT2D eigenvalue weighted by Crippen LogP contribution is -2.52. The summed E-state index contributed by atoms with van der Waals surface area (Å²) in [7, 11) is 0. The molecule has 0 aromatic carbocycles. The van der Waals surface area contributed by atoms with Crippen LogP contribution in [0.15, 0.2) is 5.16 Å². The van der Waals surface area contributed by atoms with Crippen LogP contribution in [-0.2, 0) is 0 Å². The third kappa shape index (κ3) is 4.48. The first kappa shape index (κ1) is 24.1. The molecule has 0 heterocycles. The molecular formula is C27H49NO2. The van der Waals surface area contributed by atoms with E-state index in [9.17, 15) is 10.3 Å². The van der Waals surface area contributed by atoms with Gasteiger partial charge in [0, 0.05) is 5.41 Å². The van der Waals surface area contributed by atoms with Gasteiger partial charge in [0.05, 0.1) is 11.8 Å². The van der Waals surface area contributed by atoms with Crippen molar-refractivity contribution in [3.05, 3.63) is 0 Å². The molecule has 3 aliphatic carbocycles. The topological polar surface area (TPSA) is 52.8 Å². The fraction of sp³-hybridized carbons (Fsp3) is 0.963. The Labute approximate surface area is 186 Å². The van der Waals surface area contributed by atoms with Crippen LogP contribution in [0.2, 0.25) is 0 Å². The Morgan fingerprint density at radius 3 is 2.33 bits per heavy atom. The van der Waals surface area contributed by atoms with Crippen molar-refractivity contribution >= 4 is 5.71 Å².